The Bertz CT molecular complexity index is 511. The fraction of sp³-hybridized carbons (Fsp3) is 0.650. The van der Waals surface area contributed by atoms with E-state index in [2.05, 4.69) is 10.6 Å². The van der Waals surface area contributed by atoms with Crippen LogP contribution in [-0.4, -0.2) is 37.4 Å². The van der Waals surface area contributed by atoms with Crippen molar-refractivity contribution in [3.05, 3.63) is 35.9 Å². The summed E-state index contributed by atoms with van der Waals surface area (Å²) in [6.45, 7) is 2.00. The first kappa shape index (κ1) is 18.2. The smallest absolute Gasteiger partial charge is 0.407 e. The van der Waals surface area contributed by atoms with Gasteiger partial charge in [0, 0.05) is 18.6 Å². The average Bonchev–Trinajstić information content (AvgIpc) is 2.62. The predicted molar refractivity (Wildman–Crippen MR) is 97.4 cm³/mol. The molecule has 0 spiro atoms. The summed E-state index contributed by atoms with van der Waals surface area (Å²) in [6, 6.07) is 10.4. The van der Waals surface area contributed by atoms with Gasteiger partial charge in [0.05, 0.1) is 12.7 Å². The number of rotatable bonds is 8. The number of carbonyl (C=O) groups excluding carboxylic acids is 1. The molecular weight excluding hydrogens is 316 g/mol. The summed E-state index contributed by atoms with van der Waals surface area (Å²) < 4.78 is 11.2. The van der Waals surface area contributed by atoms with Gasteiger partial charge in [-0.1, -0.05) is 49.6 Å². The zero-order chi connectivity index (χ0) is 17.3. The van der Waals surface area contributed by atoms with E-state index in [1.165, 1.54) is 32.1 Å². The Morgan fingerprint density at radius 1 is 1.04 bits per heavy atom. The fourth-order valence-electron chi connectivity index (χ4n) is 3.55. The van der Waals surface area contributed by atoms with Crippen molar-refractivity contribution >= 4 is 6.09 Å². The summed E-state index contributed by atoms with van der Waals surface area (Å²) in [5.41, 5.74) is 1.00. The quantitative estimate of drug-likeness (QED) is 0.709. The van der Waals surface area contributed by atoms with Crippen LogP contribution < -0.4 is 10.6 Å². The second kappa shape index (κ2) is 9.78. The Hall–Kier alpha value is -1.59. The molecule has 2 aliphatic carbocycles. The normalized spacial score (nSPS) is 23.7. The summed E-state index contributed by atoms with van der Waals surface area (Å²) in [6.07, 6.45) is 8.51. The summed E-state index contributed by atoms with van der Waals surface area (Å²) in [7, 11) is 0. The van der Waals surface area contributed by atoms with Crippen LogP contribution in [0.4, 0.5) is 4.79 Å². The largest absolute Gasteiger partial charge is 0.445 e. The minimum absolute atomic E-state index is 0.222. The van der Waals surface area contributed by atoms with Gasteiger partial charge < -0.3 is 20.1 Å². The van der Waals surface area contributed by atoms with Gasteiger partial charge in [0.2, 0.25) is 0 Å². The third kappa shape index (κ3) is 6.33. The van der Waals surface area contributed by atoms with Gasteiger partial charge in [-0.05, 0) is 31.2 Å². The van der Waals surface area contributed by atoms with Crippen LogP contribution in [0.2, 0.25) is 0 Å². The molecule has 3 rings (SSSR count). The lowest BCUT2D eigenvalue weighted by Gasteiger charge is -2.36. The van der Waals surface area contributed by atoms with Gasteiger partial charge in [-0.25, -0.2) is 4.79 Å². The number of amides is 1. The van der Waals surface area contributed by atoms with Crippen molar-refractivity contribution in [3.63, 3.8) is 0 Å². The maximum atomic E-state index is 11.8. The lowest BCUT2D eigenvalue weighted by Crippen LogP contribution is -2.53. The van der Waals surface area contributed by atoms with E-state index in [9.17, 15) is 4.79 Å². The Labute approximate surface area is 150 Å². The number of carbonyl (C=O) groups is 1. The van der Waals surface area contributed by atoms with Crippen molar-refractivity contribution in [2.75, 3.05) is 13.2 Å². The number of nitrogens with one attached hydrogen (secondary N) is 2. The number of hydrogen-bond donors (Lipinski definition) is 2. The first-order valence-corrected chi connectivity index (χ1v) is 9.62. The number of hydrogen-bond acceptors (Lipinski definition) is 4. The van der Waals surface area contributed by atoms with Crippen LogP contribution in [0.1, 0.15) is 50.5 Å². The second-order valence-electron chi connectivity index (χ2n) is 7.16. The van der Waals surface area contributed by atoms with Gasteiger partial charge in [-0.15, -0.1) is 0 Å². The molecule has 0 atom stereocenters. The maximum absolute atomic E-state index is 11.8. The summed E-state index contributed by atoms with van der Waals surface area (Å²) in [5, 5.41) is 6.43. The Morgan fingerprint density at radius 2 is 1.80 bits per heavy atom. The van der Waals surface area contributed by atoms with E-state index in [0.29, 0.717) is 18.8 Å². The zero-order valence-corrected chi connectivity index (χ0v) is 14.9. The van der Waals surface area contributed by atoms with Gasteiger partial charge in [-0.3, -0.25) is 0 Å². The molecule has 2 aliphatic rings. The van der Waals surface area contributed by atoms with E-state index in [1.807, 2.05) is 30.3 Å². The number of benzene rings is 1. The molecule has 5 nitrogen and oxygen atoms in total. The second-order valence-corrected chi connectivity index (χ2v) is 7.16. The van der Waals surface area contributed by atoms with Gasteiger partial charge in [0.15, 0.2) is 0 Å². The average molecular weight is 346 g/mol. The van der Waals surface area contributed by atoms with Crippen LogP contribution in [0.25, 0.3) is 0 Å². The fourth-order valence-corrected chi connectivity index (χ4v) is 3.55. The van der Waals surface area contributed by atoms with Crippen molar-refractivity contribution in [1.82, 2.24) is 10.6 Å². The van der Waals surface area contributed by atoms with E-state index in [-0.39, 0.29) is 12.1 Å². The molecule has 0 aromatic heterocycles. The van der Waals surface area contributed by atoms with Crippen molar-refractivity contribution in [1.29, 1.82) is 0 Å². The topological polar surface area (TPSA) is 59.6 Å². The summed E-state index contributed by atoms with van der Waals surface area (Å²) in [5.74, 6) is 0. The number of alkyl carbamates (subject to hydrolysis) is 1. The van der Waals surface area contributed by atoms with Crippen LogP contribution in [-0.2, 0) is 16.1 Å². The van der Waals surface area contributed by atoms with E-state index < -0.39 is 0 Å². The van der Waals surface area contributed by atoms with Gasteiger partial charge >= 0.3 is 6.09 Å². The van der Waals surface area contributed by atoms with Gasteiger partial charge in [-0.2, -0.15) is 0 Å². The van der Waals surface area contributed by atoms with Gasteiger partial charge in [0.1, 0.15) is 6.61 Å². The third-order valence-electron chi connectivity index (χ3n) is 5.11. The molecule has 0 aliphatic heterocycles. The molecule has 0 unspecified atom stereocenters. The zero-order valence-electron chi connectivity index (χ0n) is 14.9. The predicted octanol–water partition coefficient (Wildman–Crippen LogP) is 3.38. The Morgan fingerprint density at radius 3 is 2.56 bits per heavy atom. The van der Waals surface area contributed by atoms with Crippen molar-refractivity contribution in [2.45, 2.75) is 69.7 Å². The summed E-state index contributed by atoms with van der Waals surface area (Å²) in [4.78, 5) is 11.8. The van der Waals surface area contributed by atoms with E-state index in [4.69, 9.17) is 9.47 Å². The minimum Gasteiger partial charge on any atom is -0.445 e. The number of ether oxygens (including phenoxy) is 2. The van der Waals surface area contributed by atoms with E-state index in [1.54, 1.807) is 0 Å². The molecule has 0 radical (unpaired) electrons. The van der Waals surface area contributed by atoms with Crippen LogP contribution in [0.5, 0.6) is 0 Å². The molecule has 2 saturated carbocycles. The van der Waals surface area contributed by atoms with Crippen molar-refractivity contribution in [2.24, 2.45) is 0 Å². The minimum atomic E-state index is -0.326. The van der Waals surface area contributed by atoms with Crippen molar-refractivity contribution in [3.8, 4) is 0 Å². The van der Waals surface area contributed by atoms with E-state index in [0.717, 1.165) is 31.6 Å². The molecule has 2 fully saturated rings. The highest BCUT2D eigenvalue weighted by molar-refractivity contribution is 5.67. The highest BCUT2D eigenvalue weighted by Gasteiger charge is 2.30. The SMILES string of the molecule is O=C(NC1CC(NCCOC2CCCCC2)C1)OCc1ccccc1. The molecule has 5 heteroatoms. The standard InChI is InChI=1S/C20H30N2O3/c23-20(25-15-16-7-3-1-4-8-16)22-18-13-17(14-18)21-11-12-24-19-9-5-2-6-10-19/h1,3-4,7-8,17-19,21H,2,5-6,9-15H2,(H,22,23). The highest BCUT2D eigenvalue weighted by atomic mass is 16.5. The molecule has 2 N–H and O–H groups in total. The monoisotopic (exact) mass is 346 g/mol. The lowest BCUT2D eigenvalue weighted by atomic mass is 9.87. The first-order chi connectivity index (χ1) is 12.3. The highest BCUT2D eigenvalue weighted by Crippen LogP contribution is 2.21. The lowest BCUT2D eigenvalue weighted by molar-refractivity contribution is 0.0277. The molecule has 0 saturated heterocycles. The maximum Gasteiger partial charge on any atom is 0.407 e. The Kier molecular flexibility index (Phi) is 7.12. The third-order valence-corrected chi connectivity index (χ3v) is 5.11. The Balaban J connectivity index is 1.19. The molecule has 138 valence electrons. The molecule has 0 heterocycles. The van der Waals surface area contributed by atoms with Crippen LogP contribution >= 0.6 is 0 Å². The summed E-state index contributed by atoms with van der Waals surface area (Å²) >= 11 is 0. The van der Waals surface area contributed by atoms with Gasteiger partial charge in [0.25, 0.3) is 0 Å². The molecule has 25 heavy (non-hydrogen) atoms. The first-order valence-electron chi connectivity index (χ1n) is 9.62. The van der Waals surface area contributed by atoms with E-state index >= 15 is 0 Å². The molecule has 1 aromatic carbocycles. The van der Waals surface area contributed by atoms with Crippen LogP contribution in [0.3, 0.4) is 0 Å². The van der Waals surface area contributed by atoms with Crippen LogP contribution in [0, 0.1) is 0 Å². The molecule has 0 bridgehead atoms. The van der Waals surface area contributed by atoms with Crippen LogP contribution in [0.15, 0.2) is 30.3 Å². The van der Waals surface area contributed by atoms with Crippen molar-refractivity contribution < 1.29 is 14.3 Å². The molecular formula is C20H30N2O3. The molecule has 1 aromatic rings. The molecule has 1 amide bonds.